The Kier molecular flexibility index (Phi) is 4.76. The molecule has 78 valence electrons. The van der Waals surface area contributed by atoms with Crippen molar-refractivity contribution < 1.29 is 9.53 Å². The quantitative estimate of drug-likeness (QED) is 0.725. The van der Waals surface area contributed by atoms with E-state index in [-0.39, 0.29) is 12.4 Å². The summed E-state index contributed by atoms with van der Waals surface area (Å²) in [5, 5.41) is 0. The molecule has 1 aromatic heterocycles. The minimum atomic E-state index is 0.176. The first-order valence-electron chi connectivity index (χ1n) is 4.63. The van der Waals surface area contributed by atoms with Crippen LogP contribution in [0.25, 0.3) is 0 Å². The van der Waals surface area contributed by atoms with Gasteiger partial charge in [0.1, 0.15) is 6.61 Å². The van der Waals surface area contributed by atoms with Gasteiger partial charge in [0, 0.05) is 18.4 Å². The van der Waals surface area contributed by atoms with Crippen LogP contribution in [0.1, 0.15) is 23.4 Å². The third-order valence-electron chi connectivity index (χ3n) is 2.01. The third kappa shape index (κ3) is 3.55. The maximum absolute atomic E-state index is 11.1. The van der Waals surface area contributed by atoms with Gasteiger partial charge in [-0.15, -0.1) is 11.3 Å². The Morgan fingerprint density at radius 3 is 3.00 bits per heavy atom. The van der Waals surface area contributed by atoms with Crippen LogP contribution in [-0.4, -0.2) is 24.5 Å². The van der Waals surface area contributed by atoms with Crippen molar-refractivity contribution in [2.75, 3.05) is 13.7 Å². The Morgan fingerprint density at radius 1 is 1.64 bits per heavy atom. The molecular weight excluding hydrogens is 198 g/mol. The van der Waals surface area contributed by atoms with E-state index in [9.17, 15) is 4.79 Å². The Bertz CT molecular complexity index is 296. The number of hydrogen-bond donors (Lipinski definition) is 0. The van der Waals surface area contributed by atoms with Crippen LogP contribution in [0.4, 0.5) is 0 Å². The van der Waals surface area contributed by atoms with E-state index in [1.807, 2.05) is 12.4 Å². The third-order valence-corrected chi connectivity index (χ3v) is 3.00. The second kappa shape index (κ2) is 5.88. The predicted octanol–water partition coefficient (Wildman–Crippen LogP) is 1.99. The van der Waals surface area contributed by atoms with E-state index in [0.29, 0.717) is 6.42 Å². The molecular formula is C10H15NO2S. The molecule has 0 aliphatic carbocycles. The molecule has 1 heterocycles. The fourth-order valence-corrected chi connectivity index (χ4v) is 2.07. The standard InChI is InChI=1S/C10H15NO2S/c1-8-10(14-7-11-8)5-3-4-9(12)6-13-2/h7H,3-6H2,1-2H3. The second-order valence-electron chi connectivity index (χ2n) is 3.19. The normalized spacial score (nSPS) is 10.4. The summed E-state index contributed by atoms with van der Waals surface area (Å²) in [5.41, 5.74) is 2.94. The van der Waals surface area contributed by atoms with Crippen LogP contribution in [0, 0.1) is 6.92 Å². The van der Waals surface area contributed by atoms with Crippen molar-refractivity contribution in [1.82, 2.24) is 4.98 Å². The van der Waals surface area contributed by atoms with Gasteiger partial charge >= 0.3 is 0 Å². The number of rotatable bonds is 6. The molecule has 0 aliphatic rings. The average Bonchev–Trinajstić information content (AvgIpc) is 2.52. The Hall–Kier alpha value is -0.740. The van der Waals surface area contributed by atoms with Gasteiger partial charge in [0.2, 0.25) is 0 Å². The Balaban J connectivity index is 2.22. The first kappa shape index (κ1) is 11.3. The fraction of sp³-hybridized carbons (Fsp3) is 0.600. The lowest BCUT2D eigenvalue weighted by molar-refractivity contribution is -0.122. The molecule has 0 amide bonds. The van der Waals surface area contributed by atoms with Crippen LogP contribution < -0.4 is 0 Å². The van der Waals surface area contributed by atoms with Crippen molar-refractivity contribution in [3.05, 3.63) is 16.1 Å². The van der Waals surface area contributed by atoms with Gasteiger partial charge in [-0.1, -0.05) is 0 Å². The van der Waals surface area contributed by atoms with Gasteiger partial charge in [0.15, 0.2) is 5.78 Å². The maximum Gasteiger partial charge on any atom is 0.158 e. The molecule has 0 saturated carbocycles. The lowest BCUT2D eigenvalue weighted by Crippen LogP contribution is -2.06. The molecule has 0 atom stereocenters. The molecule has 4 heteroatoms. The van der Waals surface area contributed by atoms with Gasteiger partial charge in [0.25, 0.3) is 0 Å². The summed E-state index contributed by atoms with van der Waals surface area (Å²) in [4.78, 5) is 16.6. The summed E-state index contributed by atoms with van der Waals surface area (Å²) in [6.45, 7) is 2.24. The van der Waals surface area contributed by atoms with Gasteiger partial charge < -0.3 is 4.74 Å². The van der Waals surface area contributed by atoms with E-state index < -0.39 is 0 Å². The van der Waals surface area contributed by atoms with Crippen LogP contribution in [0.15, 0.2) is 5.51 Å². The lowest BCUT2D eigenvalue weighted by Gasteiger charge is -1.99. The number of aromatic nitrogens is 1. The van der Waals surface area contributed by atoms with E-state index in [2.05, 4.69) is 4.98 Å². The zero-order valence-electron chi connectivity index (χ0n) is 8.58. The monoisotopic (exact) mass is 213 g/mol. The van der Waals surface area contributed by atoms with E-state index in [1.54, 1.807) is 18.4 Å². The highest BCUT2D eigenvalue weighted by atomic mass is 32.1. The number of methoxy groups -OCH3 is 1. The number of thiazole rings is 1. The number of ketones is 1. The van der Waals surface area contributed by atoms with E-state index in [4.69, 9.17) is 4.74 Å². The first-order valence-corrected chi connectivity index (χ1v) is 5.51. The van der Waals surface area contributed by atoms with Gasteiger partial charge in [-0.2, -0.15) is 0 Å². The highest BCUT2D eigenvalue weighted by molar-refractivity contribution is 7.09. The summed E-state index contributed by atoms with van der Waals surface area (Å²) >= 11 is 1.66. The molecule has 1 rings (SSSR count). The smallest absolute Gasteiger partial charge is 0.158 e. The molecule has 14 heavy (non-hydrogen) atoms. The highest BCUT2D eigenvalue weighted by Crippen LogP contribution is 2.15. The molecule has 0 radical (unpaired) electrons. The van der Waals surface area contributed by atoms with Gasteiger partial charge in [-0.25, -0.2) is 4.98 Å². The van der Waals surface area contributed by atoms with E-state index in [1.165, 1.54) is 4.88 Å². The van der Waals surface area contributed by atoms with Crippen LogP contribution >= 0.6 is 11.3 Å². The Morgan fingerprint density at radius 2 is 2.43 bits per heavy atom. The Labute approximate surface area is 88.1 Å². The van der Waals surface area contributed by atoms with Crippen molar-refractivity contribution in [3.8, 4) is 0 Å². The van der Waals surface area contributed by atoms with Crippen molar-refractivity contribution in [2.24, 2.45) is 0 Å². The largest absolute Gasteiger partial charge is 0.377 e. The number of nitrogens with zero attached hydrogens (tertiary/aromatic N) is 1. The van der Waals surface area contributed by atoms with Crippen molar-refractivity contribution in [3.63, 3.8) is 0 Å². The van der Waals surface area contributed by atoms with Crippen LogP contribution in [-0.2, 0) is 16.0 Å². The van der Waals surface area contributed by atoms with Crippen LogP contribution in [0.5, 0.6) is 0 Å². The maximum atomic E-state index is 11.1. The number of hydrogen-bond acceptors (Lipinski definition) is 4. The van der Waals surface area contributed by atoms with E-state index in [0.717, 1.165) is 18.5 Å². The predicted molar refractivity (Wildman–Crippen MR) is 56.7 cm³/mol. The van der Waals surface area contributed by atoms with Gasteiger partial charge in [-0.05, 0) is 19.8 Å². The molecule has 0 N–H and O–H groups in total. The molecule has 0 fully saturated rings. The number of Topliss-reactive ketones (excluding diaryl/α,β-unsaturated/α-hetero) is 1. The molecule has 3 nitrogen and oxygen atoms in total. The van der Waals surface area contributed by atoms with E-state index >= 15 is 0 Å². The summed E-state index contributed by atoms with van der Waals surface area (Å²) in [7, 11) is 1.55. The SMILES string of the molecule is COCC(=O)CCCc1scnc1C. The number of carbonyl (C=O) groups is 1. The summed E-state index contributed by atoms with van der Waals surface area (Å²) in [6, 6.07) is 0. The lowest BCUT2D eigenvalue weighted by atomic mass is 10.1. The topological polar surface area (TPSA) is 39.2 Å². The summed E-state index contributed by atoms with van der Waals surface area (Å²) in [6.07, 6.45) is 2.45. The minimum Gasteiger partial charge on any atom is -0.377 e. The molecule has 0 saturated heterocycles. The van der Waals surface area contributed by atoms with Crippen molar-refractivity contribution >= 4 is 17.1 Å². The average molecular weight is 213 g/mol. The number of ether oxygens (including phenoxy) is 1. The molecule has 1 aromatic rings. The fourth-order valence-electron chi connectivity index (χ4n) is 1.25. The number of aryl methyl sites for hydroxylation is 2. The summed E-state index contributed by atoms with van der Waals surface area (Å²) in [5.74, 6) is 0.176. The highest BCUT2D eigenvalue weighted by Gasteiger charge is 2.04. The van der Waals surface area contributed by atoms with Crippen molar-refractivity contribution in [2.45, 2.75) is 26.2 Å². The summed E-state index contributed by atoms with van der Waals surface area (Å²) < 4.78 is 4.76. The molecule has 0 aliphatic heterocycles. The number of carbonyl (C=O) groups excluding carboxylic acids is 1. The molecule has 0 aromatic carbocycles. The molecule has 0 spiro atoms. The zero-order valence-corrected chi connectivity index (χ0v) is 9.39. The van der Waals surface area contributed by atoms with Crippen LogP contribution in [0.2, 0.25) is 0 Å². The van der Waals surface area contributed by atoms with Crippen molar-refractivity contribution in [1.29, 1.82) is 0 Å². The van der Waals surface area contributed by atoms with Gasteiger partial charge in [-0.3, -0.25) is 4.79 Å². The second-order valence-corrected chi connectivity index (χ2v) is 4.13. The molecule has 0 bridgehead atoms. The first-order chi connectivity index (χ1) is 6.74. The minimum absolute atomic E-state index is 0.176. The van der Waals surface area contributed by atoms with Gasteiger partial charge in [0.05, 0.1) is 11.2 Å². The molecule has 0 unspecified atom stereocenters. The zero-order chi connectivity index (χ0) is 10.4. The van der Waals surface area contributed by atoms with Crippen LogP contribution in [0.3, 0.4) is 0 Å².